The minimum absolute atomic E-state index is 0.0108. The predicted molar refractivity (Wildman–Crippen MR) is 87.9 cm³/mol. The highest BCUT2D eigenvalue weighted by atomic mass is 79.9. The number of halogens is 4. The molecule has 0 aromatic heterocycles. The quantitative estimate of drug-likeness (QED) is 0.569. The van der Waals surface area contributed by atoms with Crippen LogP contribution in [0.5, 0.6) is 0 Å². The maximum absolute atomic E-state index is 13.9. The van der Waals surface area contributed by atoms with Gasteiger partial charge in [0, 0.05) is 22.3 Å². The summed E-state index contributed by atoms with van der Waals surface area (Å²) in [6.45, 7) is 0. The average molecular weight is 393 g/mol. The van der Waals surface area contributed by atoms with Crippen molar-refractivity contribution in [2.24, 2.45) is 5.73 Å². The largest absolute Gasteiger partial charge is 0.327 e. The van der Waals surface area contributed by atoms with E-state index in [1.165, 1.54) is 23.9 Å². The van der Waals surface area contributed by atoms with Gasteiger partial charge < -0.3 is 5.73 Å². The molecular weight excluding hydrogens is 380 g/mol. The van der Waals surface area contributed by atoms with E-state index in [-0.39, 0.29) is 22.5 Å². The molecule has 1 unspecified atom stereocenters. The van der Waals surface area contributed by atoms with Gasteiger partial charge in [-0.1, -0.05) is 23.7 Å². The molecule has 0 fully saturated rings. The van der Waals surface area contributed by atoms with E-state index in [1.807, 2.05) is 18.2 Å². The number of hydrogen-bond donors (Lipinski definition) is 1. The van der Waals surface area contributed by atoms with Crippen molar-refractivity contribution >= 4 is 39.3 Å². The Kier molecular flexibility index (Phi) is 6.05. The summed E-state index contributed by atoms with van der Waals surface area (Å²) in [7, 11) is 0. The number of hydrogen-bond acceptors (Lipinski definition) is 2. The lowest BCUT2D eigenvalue weighted by Gasteiger charge is -2.13. The third kappa shape index (κ3) is 4.42. The van der Waals surface area contributed by atoms with Gasteiger partial charge in [0.05, 0.1) is 9.50 Å². The van der Waals surface area contributed by atoms with Gasteiger partial charge in [0.1, 0.15) is 11.6 Å². The molecule has 21 heavy (non-hydrogen) atoms. The van der Waals surface area contributed by atoms with Crippen LogP contribution in [0, 0.1) is 11.6 Å². The molecule has 0 radical (unpaired) electrons. The molecule has 1 nitrogen and oxygen atoms in total. The van der Waals surface area contributed by atoms with Gasteiger partial charge in [-0.05, 0) is 46.6 Å². The molecule has 2 rings (SSSR count). The maximum atomic E-state index is 13.9. The van der Waals surface area contributed by atoms with Gasteiger partial charge >= 0.3 is 0 Å². The summed E-state index contributed by atoms with van der Waals surface area (Å²) in [6, 6.07) is 9.62. The van der Waals surface area contributed by atoms with Crippen molar-refractivity contribution in [3.05, 3.63) is 63.1 Å². The van der Waals surface area contributed by atoms with Crippen molar-refractivity contribution in [2.75, 3.05) is 5.75 Å². The molecule has 112 valence electrons. The minimum atomic E-state index is -0.590. The first-order valence-corrected chi connectivity index (χ1v) is 8.40. The van der Waals surface area contributed by atoms with Crippen LogP contribution in [-0.2, 0) is 6.42 Å². The van der Waals surface area contributed by atoms with Crippen LogP contribution in [0.2, 0.25) is 5.02 Å². The number of thioether (sulfide) groups is 1. The monoisotopic (exact) mass is 391 g/mol. The van der Waals surface area contributed by atoms with Crippen LogP contribution in [0.3, 0.4) is 0 Å². The standard InChI is InChI=1S/C15H13BrClF2NS/c16-11-5-6-13(18)10(15(11)19)7-9(20)8-21-14-4-2-1-3-12(14)17/h1-6,9H,7-8,20H2. The highest BCUT2D eigenvalue weighted by Crippen LogP contribution is 2.28. The molecule has 2 aromatic rings. The van der Waals surface area contributed by atoms with Gasteiger partial charge in [-0.25, -0.2) is 8.78 Å². The summed E-state index contributed by atoms with van der Waals surface area (Å²) in [6.07, 6.45) is 0.133. The summed E-state index contributed by atoms with van der Waals surface area (Å²) in [4.78, 5) is 0.907. The molecule has 0 aliphatic heterocycles. The van der Waals surface area contributed by atoms with E-state index < -0.39 is 11.6 Å². The van der Waals surface area contributed by atoms with Crippen LogP contribution in [0.4, 0.5) is 8.78 Å². The van der Waals surface area contributed by atoms with E-state index in [9.17, 15) is 8.78 Å². The van der Waals surface area contributed by atoms with Crippen molar-refractivity contribution < 1.29 is 8.78 Å². The molecule has 0 saturated carbocycles. The smallest absolute Gasteiger partial charge is 0.143 e. The Balaban J connectivity index is 2.01. The fourth-order valence-corrected chi connectivity index (χ4v) is 3.40. The lowest BCUT2D eigenvalue weighted by atomic mass is 10.1. The molecule has 0 aliphatic carbocycles. The van der Waals surface area contributed by atoms with E-state index >= 15 is 0 Å². The Morgan fingerprint density at radius 1 is 1.19 bits per heavy atom. The van der Waals surface area contributed by atoms with E-state index in [0.29, 0.717) is 10.8 Å². The second-order valence-electron chi connectivity index (χ2n) is 4.53. The zero-order valence-electron chi connectivity index (χ0n) is 11.0. The summed E-state index contributed by atoms with van der Waals surface area (Å²) < 4.78 is 27.8. The third-order valence-corrected chi connectivity index (χ3v) is 5.21. The summed E-state index contributed by atoms with van der Waals surface area (Å²) >= 11 is 10.6. The topological polar surface area (TPSA) is 26.0 Å². The first kappa shape index (κ1) is 16.7. The zero-order valence-corrected chi connectivity index (χ0v) is 14.1. The lowest BCUT2D eigenvalue weighted by molar-refractivity contribution is 0.539. The third-order valence-electron chi connectivity index (χ3n) is 2.89. The second-order valence-corrected chi connectivity index (χ2v) is 6.85. The Morgan fingerprint density at radius 3 is 2.62 bits per heavy atom. The minimum Gasteiger partial charge on any atom is -0.327 e. The van der Waals surface area contributed by atoms with Crippen LogP contribution in [-0.4, -0.2) is 11.8 Å². The highest BCUT2D eigenvalue weighted by Gasteiger charge is 2.16. The first-order valence-electron chi connectivity index (χ1n) is 6.24. The van der Waals surface area contributed by atoms with Crippen molar-refractivity contribution in [2.45, 2.75) is 17.4 Å². The Labute approximate surface area is 140 Å². The predicted octanol–water partition coefficient (Wildman–Crippen LogP) is 5.04. The molecule has 6 heteroatoms. The molecule has 2 N–H and O–H groups in total. The van der Waals surface area contributed by atoms with Crippen LogP contribution < -0.4 is 5.73 Å². The molecule has 0 bridgehead atoms. The fourth-order valence-electron chi connectivity index (χ4n) is 1.84. The van der Waals surface area contributed by atoms with E-state index in [2.05, 4.69) is 15.9 Å². The molecule has 0 heterocycles. The normalized spacial score (nSPS) is 12.4. The average Bonchev–Trinajstić information content (AvgIpc) is 2.47. The second kappa shape index (κ2) is 7.58. The van der Waals surface area contributed by atoms with Crippen molar-refractivity contribution in [3.63, 3.8) is 0 Å². The van der Waals surface area contributed by atoms with Crippen molar-refractivity contribution in [3.8, 4) is 0 Å². The van der Waals surface area contributed by atoms with Gasteiger partial charge in [-0.2, -0.15) is 0 Å². The number of rotatable bonds is 5. The number of benzene rings is 2. The molecule has 1 atom stereocenters. The molecule has 0 amide bonds. The Morgan fingerprint density at radius 2 is 1.90 bits per heavy atom. The molecular formula is C15H13BrClF2NS. The maximum Gasteiger partial charge on any atom is 0.143 e. The van der Waals surface area contributed by atoms with E-state index in [0.717, 1.165) is 4.90 Å². The molecule has 0 spiro atoms. The summed E-state index contributed by atoms with van der Waals surface area (Å²) in [5.41, 5.74) is 5.99. The van der Waals surface area contributed by atoms with Gasteiger partial charge in [-0.15, -0.1) is 11.8 Å². The van der Waals surface area contributed by atoms with Crippen LogP contribution in [0.25, 0.3) is 0 Å². The summed E-state index contributed by atoms with van der Waals surface area (Å²) in [5, 5.41) is 0.648. The first-order chi connectivity index (χ1) is 9.99. The Hall–Kier alpha value is -0.620. The van der Waals surface area contributed by atoms with Crippen molar-refractivity contribution in [1.82, 2.24) is 0 Å². The summed E-state index contributed by atoms with van der Waals surface area (Å²) in [5.74, 6) is -0.642. The van der Waals surface area contributed by atoms with E-state index in [4.69, 9.17) is 17.3 Å². The highest BCUT2D eigenvalue weighted by molar-refractivity contribution is 9.10. The van der Waals surface area contributed by atoms with Gasteiger partial charge in [0.25, 0.3) is 0 Å². The van der Waals surface area contributed by atoms with Gasteiger partial charge in [0.2, 0.25) is 0 Å². The van der Waals surface area contributed by atoms with Crippen LogP contribution >= 0.6 is 39.3 Å². The number of nitrogens with two attached hydrogens (primary N) is 1. The lowest BCUT2D eigenvalue weighted by Crippen LogP contribution is -2.26. The molecule has 0 saturated heterocycles. The van der Waals surface area contributed by atoms with Crippen LogP contribution in [0.15, 0.2) is 45.8 Å². The van der Waals surface area contributed by atoms with Gasteiger partial charge in [0.15, 0.2) is 0 Å². The van der Waals surface area contributed by atoms with Crippen LogP contribution in [0.1, 0.15) is 5.56 Å². The molecule has 2 aromatic carbocycles. The SMILES string of the molecule is NC(CSc1ccccc1Cl)Cc1c(F)ccc(Br)c1F. The van der Waals surface area contributed by atoms with Gasteiger partial charge in [-0.3, -0.25) is 0 Å². The van der Waals surface area contributed by atoms with E-state index in [1.54, 1.807) is 6.07 Å². The molecule has 0 aliphatic rings. The Bertz CT molecular complexity index is 639. The zero-order chi connectivity index (χ0) is 15.4. The fraction of sp³-hybridized carbons (Fsp3) is 0.200. The van der Waals surface area contributed by atoms with Crippen molar-refractivity contribution in [1.29, 1.82) is 0 Å².